The molecule has 0 radical (unpaired) electrons. The summed E-state index contributed by atoms with van der Waals surface area (Å²) in [6, 6.07) is 5.74. The quantitative estimate of drug-likeness (QED) is 0.678. The van der Waals surface area contributed by atoms with Crippen LogP contribution in [0.2, 0.25) is 0 Å². The van der Waals surface area contributed by atoms with E-state index in [2.05, 4.69) is 17.3 Å². The molecule has 0 saturated heterocycles. The molecule has 1 aromatic rings. The van der Waals surface area contributed by atoms with Crippen LogP contribution in [0.3, 0.4) is 0 Å². The molecule has 5 nitrogen and oxygen atoms in total. The number of hydrogen-bond acceptors (Lipinski definition) is 5. The molecule has 0 atom stereocenters. The number of benzene rings is 1. The summed E-state index contributed by atoms with van der Waals surface area (Å²) in [6.07, 6.45) is 0.143. The zero-order valence-electron chi connectivity index (χ0n) is 13.0. The molecule has 1 aromatic carbocycles. The van der Waals surface area contributed by atoms with Crippen LogP contribution in [0.25, 0.3) is 0 Å². The lowest BCUT2D eigenvalue weighted by atomic mass is 10.2. The zero-order chi connectivity index (χ0) is 15.0. The lowest BCUT2D eigenvalue weighted by molar-refractivity contribution is 0.163. The predicted molar refractivity (Wildman–Crippen MR) is 84.5 cm³/mol. The van der Waals surface area contributed by atoms with Gasteiger partial charge in [0.15, 0.2) is 0 Å². The molecular formula is C15H27N3O2. The summed E-state index contributed by atoms with van der Waals surface area (Å²) in [6.45, 7) is 7.48. The first-order valence-electron chi connectivity index (χ1n) is 7.00. The Hall–Kier alpha value is -1.46. The van der Waals surface area contributed by atoms with E-state index in [1.54, 1.807) is 7.11 Å². The van der Waals surface area contributed by atoms with Crippen LogP contribution in [-0.2, 0) is 4.74 Å². The number of hydrogen-bond donors (Lipinski definition) is 2. The summed E-state index contributed by atoms with van der Waals surface area (Å²) in [5.41, 5.74) is 7.58. The molecule has 1 rings (SSSR count). The van der Waals surface area contributed by atoms with Crippen molar-refractivity contribution in [2.45, 2.75) is 20.0 Å². The molecule has 0 aliphatic heterocycles. The maximum Gasteiger partial charge on any atom is 0.123 e. The first kappa shape index (κ1) is 16.6. The van der Waals surface area contributed by atoms with Crippen molar-refractivity contribution >= 4 is 11.4 Å². The van der Waals surface area contributed by atoms with Crippen molar-refractivity contribution in [3.05, 3.63) is 18.2 Å². The van der Waals surface area contributed by atoms with Crippen LogP contribution >= 0.6 is 0 Å². The normalized spacial score (nSPS) is 11.1. The topological polar surface area (TPSA) is 59.8 Å². The number of nitrogens with two attached hydrogens (primary N) is 1. The lowest BCUT2D eigenvalue weighted by Crippen LogP contribution is -2.28. The van der Waals surface area contributed by atoms with Gasteiger partial charge >= 0.3 is 0 Å². The third-order valence-corrected chi connectivity index (χ3v) is 2.80. The number of nitrogens with one attached hydrogen (secondary N) is 1. The fourth-order valence-corrected chi connectivity index (χ4v) is 1.81. The predicted octanol–water partition coefficient (Wildman–Crippen LogP) is 2.05. The highest BCUT2D eigenvalue weighted by atomic mass is 16.5. The van der Waals surface area contributed by atoms with Crippen LogP contribution in [0.4, 0.5) is 11.4 Å². The molecule has 0 fully saturated rings. The zero-order valence-corrected chi connectivity index (χ0v) is 13.0. The van der Waals surface area contributed by atoms with Gasteiger partial charge in [-0.1, -0.05) is 0 Å². The van der Waals surface area contributed by atoms with Crippen LogP contribution in [0.1, 0.15) is 13.8 Å². The van der Waals surface area contributed by atoms with Crippen LogP contribution in [0.5, 0.6) is 5.75 Å². The van der Waals surface area contributed by atoms with Gasteiger partial charge in [0.25, 0.3) is 0 Å². The van der Waals surface area contributed by atoms with Gasteiger partial charge in [-0.25, -0.2) is 0 Å². The monoisotopic (exact) mass is 281 g/mol. The van der Waals surface area contributed by atoms with Gasteiger partial charge in [0.05, 0.1) is 12.7 Å². The van der Waals surface area contributed by atoms with E-state index < -0.39 is 0 Å². The summed E-state index contributed by atoms with van der Waals surface area (Å²) in [7, 11) is 3.79. The fourth-order valence-electron chi connectivity index (χ4n) is 1.81. The third kappa shape index (κ3) is 6.63. The Morgan fingerprint density at radius 3 is 2.65 bits per heavy atom. The maximum absolute atomic E-state index is 5.89. The molecule has 0 spiro atoms. The van der Waals surface area contributed by atoms with Gasteiger partial charge in [0.1, 0.15) is 5.75 Å². The highest BCUT2D eigenvalue weighted by Gasteiger charge is 2.03. The number of anilines is 2. The van der Waals surface area contributed by atoms with Crippen LogP contribution in [0.15, 0.2) is 18.2 Å². The summed E-state index contributed by atoms with van der Waals surface area (Å²) in [5, 5.41) is 3.36. The van der Waals surface area contributed by atoms with E-state index in [0.717, 1.165) is 37.7 Å². The summed E-state index contributed by atoms with van der Waals surface area (Å²) < 4.78 is 10.7. The van der Waals surface area contributed by atoms with Crippen molar-refractivity contribution < 1.29 is 9.47 Å². The molecule has 0 heterocycles. The lowest BCUT2D eigenvalue weighted by Gasteiger charge is -2.17. The Morgan fingerprint density at radius 1 is 1.25 bits per heavy atom. The van der Waals surface area contributed by atoms with E-state index in [1.807, 2.05) is 32.0 Å². The average molecular weight is 281 g/mol. The fraction of sp³-hybridized carbons (Fsp3) is 0.600. The second-order valence-corrected chi connectivity index (χ2v) is 5.18. The highest BCUT2D eigenvalue weighted by Crippen LogP contribution is 2.23. The molecule has 114 valence electrons. The second kappa shape index (κ2) is 8.66. The van der Waals surface area contributed by atoms with Crippen molar-refractivity contribution in [2.24, 2.45) is 0 Å². The first-order chi connectivity index (χ1) is 9.51. The van der Waals surface area contributed by atoms with Gasteiger partial charge in [0, 0.05) is 50.3 Å². The molecule has 0 aliphatic carbocycles. The van der Waals surface area contributed by atoms with E-state index in [1.165, 1.54) is 0 Å². The summed E-state index contributed by atoms with van der Waals surface area (Å²) >= 11 is 0. The maximum atomic E-state index is 5.89. The Kier molecular flexibility index (Phi) is 7.18. The second-order valence-electron chi connectivity index (χ2n) is 5.18. The molecule has 0 aliphatic rings. The van der Waals surface area contributed by atoms with Crippen LogP contribution < -0.4 is 15.8 Å². The number of nitrogen functional groups attached to an aromatic ring is 1. The largest absolute Gasteiger partial charge is 0.491 e. The van der Waals surface area contributed by atoms with Crippen LogP contribution in [0, 0.1) is 0 Å². The molecule has 0 saturated carbocycles. The summed E-state index contributed by atoms with van der Waals surface area (Å²) in [5.74, 6) is 0.801. The first-order valence-corrected chi connectivity index (χ1v) is 7.00. The van der Waals surface area contributed by atoms with Gasteiger partial charge < -0.3 is 25.4 Å². The minimum atomic E-state index is 0.143. The Balaban J connectivity index is 2.45. The van der Waals surface area contributed by atoms with Crippen molar-refractivity contribution in [2.75, 3.05) is 51.4 Å². The van der Waals surface area contributed by atoms with Crippen molar-refractivity contribution in [1.82, 2.24) is 4.90 Å². The molecule has 20 heavy (non-hydrogen) atoms. The SMILES string of the molecule is COCCN(C)CCNc1cc(N)cc(OC(C)C)c1. The number of methoxy groups -OCH3 is 1. The van der Waals surface area contributed by atoms with Gasteiger partial charge in [-0.05, 0) is 27.0 Å². The molecule has 0 aromatic heterocycles. The highest BCUT2D eigenvalue weighted by molar-refractivity contribution is 5.59. The average Bonchev–Trinajstić information content (AvgIpc) is 2.34. The smallest absolute Gasteiger partial charge is 0.123 e. The minimum absolute atomic E-state index is 0.143. The van der Waals surface area contributed by atoms with Crippen molar-refractivity contribution in [3.63, 3.8) is 0 Å². The van der Waals surface area contributed by atoms with E-state index in [9.17, 15) is 0 Å². The number of ether oxygens (including phenoxy) is 2. The molecule has 5 heteroatoms. The number of likely N-dealkylation sites (N-methyl/N-ethyl adjacent to an activating group) is 1. The van der Waals surface area contributed by atoms with Gasteiger partial charge in [-0.2, -0.15) is 0 Å². The standard InChI is InChI=1S/C15H27N3O2/c1-12(2)20-15-10-13(16)9-14(11-15)17-5-6-18(3)7-8-19-4/h9-12,17H,5-8,16H2,1-4H3. The van der Waals surface area contributed by atoms with Crippen LogP contribution in [-0.4, -0.2) is 51.4 Å². The number of nitrogens with zero attached hydrogens (tertiary/aromatic N) is 1. The van der Waals surface area contributed by atoms with E-state index >= 15 is 0 Å². The minimum Gasteiger partial charge on any atom is -0.491 e. The van der Waals surface area contributed by atoms with Crippen molar-refractivity contribution in [1.29, 1.82) is 0 Å². The third-order valence-electron chi connectivity index (χ3n) is 2.80. The summed E-state index contributed by atoms with van der Waals surface area (Å²) in [4.78, 5) is 2.22. The molecular weight excluding hydrogens is 254 g/mol. The molecule has 0 bridgehead atoms. The molecule has 0 amide bonds. The van der Waals surface area contributed by atoms with E-state index in [-0.39, 0.29) is 6.10 Å². The van der Waals surface area contributed by atoms with Gasteiger partial charge in [-0.3, -0.25) is 0 Å². The molecule has 3 N–H and O–H groups in total. The van der Waals surface area contributed by atoms with Gasteiger partial charge in [-0.15, -0.1) is 0 Å². The molecule has 0 unspecified atom stereocenters. The Bertz CT molecular complexity index is 397. The van der Waals surface area contributed by atoms with Gasteiger partial charge in [0.2, 0.25) is 0 Å². The van der Waals surface area contributed by atoms with E-state index in [4.69, 9.17) is 15.2 Å². The van der Waals surface area contributed by atoms with E-state index in [0.29, 0.717) is 5.69 Å². The Morgan fingerprint density at radius 2 is 2.00 bits per heavy atom. The van der Waals surface area contributed by atoms with Crippen molar-refractivity contribution in [3.8, 4) is 5.75 Å². The Labute approximate surface area is 122 Å². The number of rotatable bonds is 9.